The molecule has 7 nitrogen and oxygen atoms in total. The van der Waals surface area contributed by atoms with Gasteiger partial charge in [-0.05, 0) is 56.7 Å². The van der Waals surface area contributed by atoms with Crippen LogP contribution in [0.5, 0.6) is 11.5 Å². The van der Waals surface area contributed by atoms with Crippen molar-refractivity contribution in [3.05, 3.63) is 70.1 Å². The Hall–Kier alpha value is -3.91. The van der Waals surface area contributed by atoms with E-state index in [1.807, 2.05) is 56.3 Å². The number of aryl methyl sites for hydroxylation is 1. The van der Waals surface area contributed by atoms with Gasteiger partial charge in [0.25, 0.3) is 5.91 Å². The van der Waals surface area contributed by atoms with Crippen molar-refractivity contribution in [3.8, 4) is 22.8 Å². The van der Waals surface area contributed by atoms with E-state index in [-0.39, 0.29) is 19.3 Å². The molecule has 0 spiro atoms. The zero-order valence-electron chi connectivity index (χ0n) is 18.9. The van der Waals surface area contributed by atoms with Crippen molar-refractivity contribution in [3.63, 3.8) is 0 Å². The molecule has 2 aromatic carbocycles. The van der Waals surface area contributed by atoms with Crippen molar-refractivity contribution >= 4 is 39.1 Å². The van der Waals surface area contributed by atoms with E-state index in [0.29, 0.717) is 44.2 Å². The van der Waals surface area contributed by atoms with Gasteiger partial charge in [-0.1, -0.05) is 18.2 Å². The van der Waals surface area contributed by atoms with E-state index in [2.05, 4.69) is 5.32 Å². The number of hydrogen-bond acceptors (Lipinski definition) is 7. The lowest BCUT2D eigenvalue weighted by molar-refractivity contribution is 0.0527. The van der Waals surface area contributed by atoms with Crippen molar-refractivity contribution in [1.29, 1.82) is 0 Å². The molecule has 1 amide bonds. The van der Waals surface area contributed by atoms with Gasteiger partial charge < -0.3 is 19.5 Å². The van der Waals surface area contributed by atoms with Crippen LogP contribution >= 0.6 is 11.3 Å². The number of aromatic nitrogens is 1. The molecule has 0 atom stereocenters. The number of rotatable bonds is 5. The van der Waals surface area contributed by atoms with Gasteiger partial charge in [0.05, 0.1) is 28.9 Å². The molecular formula is C26H22N2O5S. The fourth-order valence-corrected chi connectivity index (χ4v) is 4.95. The van der Waals surface area contributed by atoms with Gasteiger partial charge in [0, 0.05) is 15.8 Å². The van der Waals surface area contributed by atoms with Crippen molar-refractivity contribution in [2.24, 2.45) is 0 Å². The lowest BCUT2D eigenvalue weighted by Crippen LogP contribution is -2.15. The minimum Gasteiger partial charge on any atom is -0.462 e. The third-order valence-electron chi connectivity index (χ3n) is 5.72. The third kappa shape index (κ3) is 3.86. The van der Waals surface area contributed by atoms with E-state index < -0.39 is 5.97 Å². The van der Waals surface area contributed by atoms with Crippen LogP contribution in [0.2, 0.25) is 0 Å². The van der Waals surface area contributed by atoms with E-state index in [4.69, 9.17) is 19.2 Å². The zero-order valence-corrected chi connectivity index (χ0v) is 19.7. The van der Waals surface area contributed by atoms with Gasteiger partial charge in [-0.2, -0.15) is 0 Å². The Kier molecular flexibility index (Phi) is 5.67. The molecule has 34 heavy (non-hydrogen) atoms. The van der Waals surface area contributed by atoms with Crippen LogP contribution < -0.4 is 14.8 Å². The number of benzene rings is 2. The first-order valence-corrected chi connectivity index (χ1v) is 11.7. The van der Waals surface area contributed by atoms with Crippen molar-refractivity contribution in [2.75, 3.05) is 18.7 Å². The predicted molar refractivity (Wildman–Crippen MR) is 131 cm³/mol. The maximum absolute atomic E-state index is 13.5. The molecule has 8 heteroatoms. The molecule has 0 unspecified atom stereocenters. The normalized spacial score (nSPS) is 12.1. The lowest BCUT2D eigenvalue weighted by atomic mass is 10.0. The van der Waals surface area contributed by atoms with Crippen LogP contribution in [-0.2, 0) is 4.74 Å². The molecule has 1 aliphatic heterocycles. The monoisotopic (exact) mass is 474 g/mol. The number of esters is 1. The highest BCUT2D eigenvalue weighted by Gasteiger charge is 2.24. The maximum Gasteiger partial charge on any atom is 0.341 e. The standard InChI is InChI=1S/C26H22N2O5S/c1-4-31-26(30)23-14(2)15(3)34-25(23)28-24(29)18-12-20(27-19-8-6-5-7-17(18)19)16-9-10-21-22(11-16)33-13-32-21/h5-12H,4,13H2,1-3H3,(H,28,29). The Morgan fingerprint density at radius 1 is 1.09 bits per heavy atom. The van der Waals surface area contributed by atoms with Crippen LogP contribution in [0.15, 0.2) is 48.5 Å². The summed E-state index contributed by atoms with van der Waals surface area (Å²) in [5.74, 6) is 0.548. The van der Waals surface area contributed by atoms with E-state index in [9.17, 15) is 9.59 Å². The van der Waals surface area contributed by atoms with Gasteiger partial charge in [-0.3, -0.25) is 4.79 Å². The van der Waals surface area contributed by atoms with Crippen molar-refractivity contribution in [2.45, 2.75) is 20.8 Å². The number of nitrogens with zero attached hydrogens (tertiary/aromatic N) is 1. The second-order valence-electron chi connectivity index (χ2n) is 7.80. The summed E-state index contributed by atoms with van der Waals surface area (Å²) in [6.45, 7) is 5.96. The first-order chi connectivity index (χ1) is 16.5. The van der Waals surface area contributed by atoms with Gasteiger partial charge in [0.15, 0.2) is 11.5 Å². The Morgan fingerprint density at radius 3 is 2.71 bits per heavy atom. The molecule has 0 aliphatic carbocycles. The van der Waals surface area contributed by atoms with Crippen molar-refractivity contribution in [1.82, 2.24) is 4.98 Å². The molecule has 1 aliphatic rings. The molecule has 0 saturated carbocycles. The summed E-state index contributed by atoms with van der Waals surface area (Å²) in [5.41, 5.74) is 3.78. The van der Waals surface area contributed by atoms with Crippen LogP contribution in [0.1, 0.15) is 38.1 Å². The number of pyridine rings is 1. The number of para-hydroxylation sites is 1. The van der Waals surface area contributed by atoms with Crippen LogP contribution in [0.4, 0.5) is 5.00 Å². The smallest absolute Gasteiger partial charge is 0.341 e. The first kappa shape index (κ1) is 21.9. The average Bonchev–Trinajstić information content (AvgIpc) is 3.41. The van der Waals surface area contributed by atoms with Gasteiger partial charge in [-0.25, -0.2) is 9.78 Å². The number of carbonyl (C=O) groups excluding carboxylic acids is 2. The second-order valence-corrected chi connectivity index (χ2v) is 9.03. The summed E-state index contributed by atoms with van der Waals surface area (Å²) in [5, 5.41) is 4.14. The van der Waals surface area contributed by atoms with Crippen LogP contribution in [-0.4, -0.2) is 30.3 Å². The van der Waals surface area contributed by atoms with E-state index >= 15 is 0 Å². The summed E-state index contributed by atoms with van der Waals surface area (Å²) in [7, 11) is 0. The molecule has 0 bridgehead atoms. The van der Waals surface area contributed by atoms with Crippen molar-refractivity contribution < 1.29 is 23.8 Å². The minimum absolute atomic E-state index is 0.181. The number of ether oxygens (including phenoxy) is 3. The summed E-state index contributed by atoms with van der Waals surface area (Å²) in [6, 6.07) is 14.8. The number of fused-ring (bicyclic) bond motifs is 2. The second kappa shape index (κ2) is 8.79. The number of amides is 1. The van der Waals surface area contributed by atoms with E-state index in [1.54, 1.807) is 13.0 Å². The number of nitrogens with one attached hydrogen (secondary N) is 1. The number of thiophene rings is 1. The van der Waals surface area contributed by atoms with E-state index in [0.717, 1.165) is 16.0 Å². The van der Waals surface area contributed by atoms with Crippen LogP contribution in [0.25, 0.3) is 22.2 Å². The Morgan fingerprint density at radius 2 is 1.88 bits per heavy atom. The number of hydrogen-bond donors (Lipinski definition) is 1. The van der Waals surface area contributed by atoms with Gasteiger partial charge in [0.1, 0.15) is 5.00 Å². The van der Waals surface area contributed by atoms with Gasteiger partial charge >= 0.3 is 5.97 Å². The fraction of sp³-hybridized carbons (Fsp3) is 0.192. The fourth-order valence-electron chi connectivity index (χ4n) is 3.90. The highest BCUT2D eigenvalue weighted by Crippen LogP contribution is 2.37. The van der Waals surface area contributed by atoms with Crippen LogP contribution in [0.3, 0.4) is 0 Å². The molecule has 5 rings (SSSR count). The molecular weight excluding hydrogens is 452 g/mol. The van der Waals surface area contributed by atoms with Gasteiger partial charge in [0.2, 0.25) is 6.79 Å². The predicted octanol–water partition coefficient (Wildman–Crippen LogP) is 5.74. The third-order valence-corrected chi connectivity index (χ3v) is 6.84. The highest BCUT2D eigenvalue weighted by atomic mass is 32.1. The molecule has 1 N–H and O–H groups in total. The van der Waals surface area contributed by atoms with Gasteiger partial charge in [-0.15, -0.1) is 11.3 Å². The van der Waals surface area contributed by atoms with E-state index in [1.165, 1.54) is 11.3 Å². The summed E-state index contributed by atoms with van der Waals surface area (Å²) in [4.78, 5) is 31.8. The lowest BCUT2D eigenvalue weighted by Gasteiger charge is -2.11. The quantitative estimate of drug-likeness (QED) is 0.371. The molecule has 2 aromatic heterocycles. The summed E-state index contributed by atoms with van der Waals surface area (Å²) in [6.07, 6.45) is 0. The average molecular weight is 475 g/mol. The molecule has 3 heterocycles. The summed E-state index contributed by atoms with van der Waals surface area (Å²) >= 11 is 1.36. The molecule has 0 saturated heterocycles. The highest BCUT2D eigenvalue weighted by molar-refractivity contribution is 7.16. The SMILES string of the molecule is CCOC(=O)c1c(NC(=O)c2cc(-c3ccc4c(c3)OCO4)nc3ccccc23)sc(C)c1C. The molecule has 172 valence electrons. The topological polar surface area (TPSA) is 86.8 Å². The minimum atomic E-state index is -0.444. The first-order valence-electron chi connectivity index (χ1n) is 10.8. The maximum atomic E-state index is 13.5. The Labute approximate surface area is 200 Å². The number of carbonyl (C=O) groups is 2. The molecule has 4 aromatic rings. The zero-order chi connectivity index (χ0) is 23.8. The Bertz CT molecular complexity index is 1440. The summed E-state index contributed by atoms with van der Waals surface area (Å²) < 4.78 is 16.1. The molecule has 0 radical (unpaired) electrons. The van der Waals surface area contributed by atoms with Crippen LogP contribution in [0, 0.1) is 13.8 Å². The molecule has 0 fully saturated rings. The Balaban J connectivity index is 1.57. The number of anilines is 1. The largest absolute Gasteiger partial charge is 0.462 e.